The van der Waals surface area contributed by atoms with Crippen molar-refractivity contribution in [2.75, 3.05) is 0 Å². The number of carbonyl (C=O) groups is 2. The highest BCUT2D eigenvalue weighted by molar-refractivity contribution is 5.70. The zero-order valence-electron chi connectivity index (χ0n) is 10.0. The molecule has 2 aliphatic rings. The predicted octanol–water partition coefficient (Wildman–Crippen LogP) is 2.52. The van der Waals surface area contributed by atoms with Gasteiger partial charge in [-0.3, -0.25) is 9.59 Å². The molecule has 4 nitrogen and oxygen atoms in total. The lowest BCUT2D eigenvalue weighted by Gasteiger charge is -2.43. The van der Waals surface area contributed by atoms with Crippen LogP contribution in [0.2, 0.25) is 0 Å². The van der Waals surface area contributed by atoms with Crippen LogP contribution in [0.25, 0.3) is 0 Å². The highest BCUT2D eigenvalue weighted by Crippen LogP contribution is 2.50. The van der Waals surface area contributed by atoms with Gasteiger partial charge in [-0.2, -0.15) is 0 Å². The van der Waals surface area contributed by atoms with Gasteiger partial charge in [0.15, 0.2) is 0 Å². The van der Waals surface area contributed by atoms with Crippen LogP contribution in [-0.4, -0.2) is 22.2 Å². The van der Waals surface area contributed by atoms with Crippen molar-refractivity contribution in [3.05, 3.63) is 0 Å². The molecule has 2 saturated carbocycles. The molecule has 0 aromatic rings. The van der Waals surface area contributed by atoms with Crippen molar-refractivity contribution in [3.63, 3.8) is 0 Å². The van der Waals surface area contributed by atoms with E-state index >= 15 is 0 Å². The Morgan fingerprint density at radius 1 is 0.765 bits per heavy atom. The van der Waals surface area contributed by atoms with E-state index in [4.69, 9.17) is 10.2 Å². The highest BCUT2D eigenvalue weighted by Gasteiger charge is 2.41. The second-order valence-electron chi connectivity index (χ2n) is 5.73. The van der Waals surface area contributed by atoms with Gasteiger partial charge in [0.1, 0.15) is 0 Å². The van der Waals surface area contributed by atoms with E-state index in [-0.39, 0.29) is 17.3 Å². The topological polar surface area (TPSA) is 74.6 Å². The Balaban J connectivity index is 1.88. The summed E-state index contributed by atoms with van der Waals surface area (Å²) in [7, 11) is 0. The molecule has 0 heterocycles. The summed E-state index contributed by atoms with van der Waals surface area (Å²) in [6.07, 6.45) is 6.96. The SMILES string of the molecule is O=C(O)C1CCC2(CC1)CCC(C(=O)O)CC2. The van der Waals surface area contributed by atoms with Crippen LogP contribution in [0.1, 0.15) is 51.4 Å². The van der Waals surface area contributed by atoms with E-state index in [1.807, 2.05) is 0 Å². The third-order valence-corrected chi connectivity index (χ3v) is 4.79. The number of rotatable bonds is 2. The zero-order chi connectivity index (χ0) is 12.5. The first-order chi connectivity index (χ1) is 8.02. The Morgan fingerprint density at radius 2 is 1.06 bits per heavy atom. The average Bonchev–Trinajstić information content (AvgIpc) is 2.30. The van der Waals surface area contributed by atoms with Crippen molar-refractivity contribution in [3.8, 4) is 0 Å². The summed E-state index contributed by atoms with van der Waals surface area (Å²) in [6, 6.07) is 0. The van der Waals surface area contributed by atoms with Gasteiger partial charge in [-0.15, -0.1) is 0 Å². The van der Waals surface area contributed by atoms with E-state index in [0.29, 0.717) is 0 Å². The van der Waals surface area contributed by atoms with E-state index in [9.17, 15) is 9.59 Å². The van der Waals surface area contributed by atoms with Crippen molar-refractivity contribution >= 4 is 11.9 Å². The minimum atomic E-state index is -0.668. The summed E-state index contributed by atoms with van der Waals surface area (Å²) >= 11 is 0. The van der Waals surface area contributed by atoms with Gasteiger partial charge in [-0.1, -0.05) is 0 Å². The van der Waals surface area contributed by atoms with Gasteiger partial charge in [0.25, 0.3) is 0 Å². The van der Waals surface area contributed by atoms with Crippen LogP contribution in [0.3, 0.4) is 0 Å². The monoisotopic (exact) mass is 240 g/mol. The molecule has 96 valence electrons. The van der Waals surface area contributed by atoms with Crippen molar-refractivity contribution in [1.29, 1.82) is 0 Å². The summed E-state index contributed by atoms with van der Waals surface area (Å²) in [4.78, 5) is 21.8. The van der Waals surface area contributed by atoms with Crippen LogP contribution < -0.4 is 0 Å². The molecule has 2 N–H and O–H groups in total. The first-order valence-electron chi connectivity index (χ1n) is 6.48. The van der Waals surface area contributed by atoms with Crippen molar-refractivity contribution in [2.24, 2.45) is 17.3 Å². The maximum absolute atomic E-state index is 10.9. The molecule has 17 heavy (non-hydrogen) atoms. The molecule has 0 saturated heterocycles. The molecule has 2 rings (SSSR count). The van der Waals surface area contributed by atoms with Crippen molar-refractivity contribution in [1.82, 2.24) is 0 Å². The number of hydrogen-bond donors (Lipinski definition) is 2. The van der Waals surface area contributed by atoms with Gasteiger partial charge in [0, 0.05) is 0 Å². The zero-order valence-corrected chi connectivity index (χ0v) is 10.0. The standard InChI is InChI=1S/C13H20O4/c14-11(15)9-1-5-13(6-2-9)7-3-10(4-8-13)12(16)17/h9-10H,1-8H2,(H,14,15)(H,16,17). The fourth-order valence-electron chi connectivity index (χ4n) is 3.45. The summed E-state index contributed by atoms with van der Waals surface area (Å²) in [5.41, 5.74) is 0.262. The van der Waals surface area contributed by atoms with Gasteiger partial charge >= 0.3 is 11.9 Å². The number of hydrogen-bond acceptors (Lipinski definition) is 2. The fourth-order valence-corrected chi connectivity index (χ4v) is 3.45. The number of aliphatic carboxylic acids is 2. The Kier molecular flexibility index (Phi) is 3.40. The quantitative estimate of drug-likeness (QED) is 0.777. The first-order valence-corrected chi connectivity index (χ1v) is 6.48. The molecule has 0 radical (unpaired) electrons. The molecular formula is C13H20O4. The third-order valence-electron chi connectivity index (χ3n) is 4.79. The maximum atomic E-state index is 10.9. The van der Waals surface area contributed by atoms with Gasteiger partial charge in [0.2, 0.25) is 0 Å². The van der Waals surface area contributed by atoms with Crippen LogP contribution in [-0.2, 0) is 9.59 Å². The first kappa shape index (κ1) is 12.4. The van der Waals surface area contributed by atoms with Gasteiger partial charge in [-0.05, 0) is 56.8 Å². The van der Waals surface area contributed by atoms with Gasteiger partial charge < -0.3 is 10.2 Å². The largest absolute Gasteiger partial charge is 0.481 e. The molecule has 1 spiro atoms. The van der Waals surface area contributed by atoms with Crippen LogP contribution >= 0.6 is 0 Å². The van der Waals surface area contributed by atoms with Crippen LogP contribution in [0, 0.1) is 17.3 Å². The van der Waals surface area contributed by atoms with E-state index in [1.165, 1.54) is 0 Å². The molecule has 0 atom stereocenters. The molecule has 0 aromatic heterocycles. The molecule has 0 aliphatic heterocycles. The van der Waals surface area contributed by atoms with E-state index in [0.717, 1.165) is 51.4 Å². The minimum Gasteiger partial charge on any atom is -0.481 e. The lowest BCUT2D eigenvalue weighted by atomic mass is 9.61. The molecular weight excluding hydrogens is 220 g/mol. The van der Waals surface area contributed by atoms with Gasteiger partial charge in [-0.25, -0.2) is 0 Å². The van der Waals surface area contributed by atoms with Crippen LogP contribution in [0.5, 0.6) is 0 Å². The maximum Gasteiger partial charge on any atom is 0.306 e. The molecule has 0 unspecified atom stereocenters. The Bertz CT molecular complexity index is 272. The Labute approximate surface area is 101 Å². The summed E-state index contributed by atoms with van der Waals surface area (Å²) < 4.78 is 0. The van der Waals surface area contributed by atoms with Gasteiger partial charge in [0.05, 0.1) is 11.8 Å². The molecule has 2 aliphatic carbocycles. The highest BCUT2D eigenvalue weighted by atomic mass is 16.4. The van der Waals surface area contributed by atoms with Crippen molar-refractivity contribution in [2.45, 2.75) is 51.4 Å². The molecule has 2 fully saturated rings. The second-order valence-corrected chi connectivity index (χ2v) is 5.73. The second kappa shape index (κ2) is 4.67. The summed E-state index contributed by atoms with van der Waals surface area (Å²) in [6.45, 7) is 0. The van der Waals surface area contributed by atoms with Crippen LogP contribution in [0.4, 0.5) is 0 Å². The fraction of sp³-hybridized carbons (Fsp3) is 0.846. The normalized spacial score (nSPS) is 37.9. The number of carboxylic acids is 2. The van der Waals surface area contributed by atoms with E-state index < -0.39 is 11.9 Å². The smallest absolute Gasteiger partial charge is 0.306 e. The molecule has 0 bridgehead atoms. The average molecular weight is 240 g/mol. The summed E-state index contributed by atoms with van der Waals surface area (Å²) in [5.74, 6) is -1.67. The Hall–Kier alpha value is -1.06. The lowest BCUT2D eigenvalue weighted by Crippen LogP contribution is -2.35. The predicted molar refractivity (Wildman–Crippen MR) is 61.6 cm³/mol. The van der Waals surface area contributed by atoms with Crippen molar-refractivity contribution < 1.29 is 19.8 Å². The van der Waals surface area contributed by atoms with E-state index in [1.54, 1.807) is 0 Å². The Morgan fingerprint density at radius 3 is 1.29 bits per heavy atom. The minimum absolute atomic E-state index is 0.169. The molecule has 4 heteroatoms. The lowest BCUT2D eigenvalue weighted by molar-refractivity contribution is -0.144. The van der Waals surface area contributed by atoms with Crippen LogP contribution in [0.15, 0.2) is 0 Å². The summed E-state index contributed by atoms with van der Waals surface area (Å²) in [5, 5.41) is 17.9. The number of carboxylic acid groups (broad SMARTS) is 2. The molecule has 0 amide bonds. The van der Waals surface area contributed by atoms with E-state index in [2.05, 4.69) is 0 Å². The molecule has 0 aromatic carbocycles. The third kappa shape index (κ3) is 2.61.